The molecule has 0 saturated heterocycles. The lowest BCUT2D eigenvalue weighted by Gasteiger charge is -2.15. The van der Waals surface area contributed by atoms with Crippen molar-refractivity contribution in [2.45, 2.75) is 25.9 Å². The summed E-state index contributed by atoms with van der Waals surface area (Å²) in [5, 5.41) is 9.89. The number of hydrogen-bond donors (Lipinski definition) is 1. The quantitative estimate of drug-likeness (QED) is 0.509. The summed E-state index contributed by atoms with van der Waals surface area (Å²) in [5.74, 6) is -0.597. The molecule has 0 bridgehead atoms. The summed E-state index contributed by atoms with van der Waals surface area (Å²) in [7, 11) is 0. The molecule has 1 heterocycles. The van der Waals surface area contributed by atoms with Gasteiger partial charge < -0.3 is 9.84 Å². The molecule has 0 unspecified atom stereocenters. The van der Waals surface area contributed by atoms with Gasteiger partial charge in [-0.3, -0.25) is 4.98 Å². The zero-order chi connectivity index (χ0) is 21.1. The Morgan fingerprint density at radius 3 is 2.60 bits per heavy atom. The van der Waals surface area contributed by atoms with Crippen molar-refractivity contribution in [1.82, 2.24) is 4.98 Å². The Balaban J connectivity index is 1.70. The van der Waals surface area contributed by atoms with Crippen LogP contribution in [0.25, 0.3) is 11.1 Å². The van der Waals surface area contributed by atoms with E-state index in [2.05, 4.69) is 4.98 Å². The standard InChI is InChI=1S/C24H19ClFNO3/c25-17-6-9-23(30-14-15-4-7-18(26)8-5-15)21(13-17)19-2-1-3-20(19)22-12-16(24(28)29)10-11-27-22/h4-13H,1-3,14H2,(H,28,29). The van der Waals surface area contributed by atoms with Crippen LogP contribution in [0.2, 0.25) is 5.02 Å². The molecule has 0 aliphatic heterocycles. The predicted octanol–water partition coefficient (Wildman–Crippen LogP) is 6.25. The number of benzene rings is 2. The van der Waals surface area contributed by atoms with Gasteiger partial charge in [0.1, 0.15) is 18.2 Å². The zero-order valence-corrected chi connectivity index (χ0v) is 16.8. The van der Waals surface area contributed by atoms with Crippen LogP contribution in [-0.4, -0.2) is 16.1 Å². The van der Waals surface area contributed by atoms with E-state index < -0.39 is 5.97 Å². The first kappa shape index (κ1) is 20.1. The number of halogens is 2. The van der Waals surface area contributed by atoms with E-state index in [1.807, 2.05) is 12.1 Å². The minimum Gasteiger partial charge on any atom is -0.488 e. The predicted molar refractivity (Wildman–Crippen MR) is 114 cm³/mol. The molecule has 4 rings (SSSR count). The summed E-state index contributed by atoms with van der Waals surface area (Å²) in [6.07, 6.45) is 4.08. The van der Waals surface area contributed by atoms with Crippen molar-refractivity contribution >= 4 is 28.7 Å². The zero-order valence-electron chi connectivity index (χ0n) is 16.1. The second kappa shape index (κ2) is 8.67. The fourth-order valence-electron chi connectivity index (χ4n) is 3.66. The number of rotatable bonds is 6. The van der Waals surface area contributed by atoms with Crippen molar-refractivity contribution in [3.63, 3.8) is 0 Å². The fraction of sp³-hybridized carbons (Fsp3) is 0.167. The normalized spacial score (nSPS) is 13.5. The van der Waals surface area contributed by atoms with Crippen molar-refractivity contribution in [2.24, 2.45) is 0 Å². The molecule has 4 nitrogen and oxygen atoms in total. The SMILES string of the molecule is O=C(O)c1ccnc(C2=C(c3cc(Cl)ccc3OCc3ccc(F)cc3)CCC2)c1. The molecular formula is C24H19ClFNO3. The van der Waals surface area contributed by atoms with Crippen LogP contribution >= 0.6 is 11.6 Å². The lowest BCUT2D eigenvalue weighted by atomic mass is 9.98. The van der Waals surface area contributed by atoms with Crippen molar-refractivity contribution in [1.29, 1.82) is 0 Å². The van der Waals surface area contributed by atoms with E-state index >= 15 is 0 Å². The van der Waals surface area contributed by atoms with Crippen molar-refractivity contribution < 1.29 is 19.0 Å². The number of carbonyl (C=O) groups is 1. The first-order chi connectivity index (χ1) is 14.5. The van der Waals surface area contributed by atoms with Crippen LogP contribution in [0.4, 0.5) is 4.39 Å². The molecule has 3 aromatic rings. The molecule has 0 saturated carbocycles. The van der Waals surface area contributed by atoms with Gasteiger partial charge in [-0.15, -0.1) is 0 Å². The Bertz CT molecular complexity index is 1130. The highest BCUT2D eigenvalue weighted by atomic mass is 35.5. The number of aromatic nitrogens is 1. The summed E-state index contributed by atoms with van der Waals surface area (Å²) >= 11 is 6.28. The van der Waals surface area contributed by atoms with Crippen LogP contribution in [0.1, 0.15) is 46.4 Å². The van der Waals surface area contributed by atoms with E-state index in [1.54, 1.807) is 24.3 Å². The summed E-state index contributed by atoms with van der Waals surface area (Å²) < 4.78 is 19.2. The Morgan fingerprint density at radius 1 is 1.07 bits per heavy atom. The number of carboxylic acid groups (broad SMARTS) is 1. The van der Waals surface area contributed by atoms with E-state index in [4.69, 9.17) is 16.3 Å². The Hall–Kier alpha value is -3.18. The first-order valence-electron chi connectivity index (χ1n) is 9.60. The minimum absolute atomic E-state index is 0.206. The van der Waals surface area contributed by atoms with Crippen LogP contribution in [0, 0.1) is 5.82 Å². The average molecular weight is 424 g/mol. The Kier molecular flexibility index (Phi) is 5.81. The van der Waals surface area contributed by atoms with Gasteiger partial charge in [0.05, 0.1) is 11.3 Å². The topological polar surface area (TPSA) is 59.4 Å². The number of pyridine rings is 1. The molecule has 2 aromatic carbocycles. The maximum Gasteiger partial charge on any atom is 0.335 e. The van der Waals surface area contributed by atoms with Crippen LogP contribution < -0.4 is 4.74 Å². The first-order valence-corrected chi connectivity index (χ1v) is 9.98. The van der Waals surface area contributed by atoms with Crippen LogP contribution in [0.5, 0.6) is 5.75 Å². The van der Waals surface area contributed by atoms with Crippen molar-refractivity contribution in [2.75, 3.05) is 0 Å². The van der Waals surface area contributed by atoms with Crippen LogP contribution in [0.3, 0.4) is 0 Å². The molecule has 1 N–H and O–H groups in total. The van der Waals surface area contributed by atoms with Crippen molar-refractivity contribution in [3.05, 3.63) is 94.0 Å². The van der Waals surface area contributed by atoms with E-state index in [1.165, 1.54) is 24.4 Å². The number of ether oxygens (including phenoxy) is 1. The minimum atomic E-state index is -0.982. The molecule has 1 aliphatic rings. The van der Waals surface area contributed by atoms with Gasteiger partial charge in [-0.25, -0.2) is 9.18 Å². The third kappa shape index (κ3) is 4.36. The summed E-state index contributed by atoms with van der Waals surface area (Å²) in [5.41, 5.74) is 4.66. The molecule has 0 radical (unpaired) electrons. The van der Waals surface area contributed by atoms with E-state index in [0.29, 0.717) is 23.1 Å². The smallest absolute Gasteiger partial charge is 0.335 e. The molecule has 152 valence electrons. The maximum atomic E-state index is 13.1. The molecule has 0 fully saturated rings. The molecule has 1 aromatic heterocycles. The van der Waals surface area contributed by atoms with Gasteiger partial charge in [0.2, 0.25) is 0 Å². The van der Waals surface area contributed by atoms with Crippen LogP contribution in [0.15, 0.2) is 60.8 Å². The number of hydrogen-bond acceptors (Lipinski definition) is 3. The largest absolute Gasteiger partial charge is 0.488 e. The van der Waals surface area contributed by atoms with E-state index in [9.17, 15) is 14.3 Å². The summed E-state index contributed by atoms with van der Waals surface area (Å²) in [6, 6.07) is 14.7. The Morgan fingerprint density at radius 2 is 1.83 bits per heavy atom. The molecule has 30 heavy (non-hydrogen) atoms. The van der Waals surface area contributed by atoms with E-state index in [-0.39, 0.29) is 11.4 Å². The monoisotopic (exact) mass is 423 g/mol. The van der Waals surface area contributed by atoms with Gasteiger partial charge >= 0.3 is 5.97 Å². The summed E-state index contributed by atoms with van der Waals surface area (Å²) in [6.45, 7) is 0.296. The lowest BCUT2D eigenvalue weighted by Crippen LogP contribution is -2.01. The molecule has 0 atom stereocenters. The van der Waals surface area contributed by atoms with E-state index in [0.717, 1.165) is 41.5 Å². The lowest BCUT2D eigenvalue weighted by molar-refractivity contribution is 0.0696. The van der Waals surface area contributed by atoms with Gasteiger partial charge in [-0.05, 0) is 78.4 Å². The second-order valence-corrected chi connectivity index (χ2v) is 7.54. The molecule has 1 aliphatic carbocycles. The molecule has 6 heteroatoms. The number of carboxylic acids is 1. The molecule has 0 amide bonds. The third-order valence-electron chi connectivity index (χ3n) is 5.11. The van der Waals surface area contributed by atoms with Crippen molar-refractivity contribution in [3.8, 4) is 5.75 Å². The van der Waals surface area contributed by atoms with Gasteiger partial charge in [-0.1, -0.05) is 23.7 Å². The average Bonchev–Trinajstić information content (AvgIpc) is 3.24. The third-order valence-corrected chi connectivity index (χ3v) is 5.34. The highest BCUT2D eigenvalue weighted by Gasteiger charge is 2.22. The maximum absolute atomic E-state index is 13.1. The molecule has 0 spiro atoms. The number of nitrogens with zero attached hydrogens (tertiary/aromatic N) is 1. The second-order valence-electron chi connectivity index (χ2n) is 7.10. The van der Waals surface area contributed by atoms with Gasteiger partial charge in [0.15, 0.2) is 0 Å². The van der Waals surface area contributed by atoms with Gasteiger partial charge in [-0.2, -0.15) is 0 Å². The summed E-state index contributed by atoms with van der Waals surface area (Å²) in [4.78, 5) is 15.8. The Labute approximate surface area is 178 Å². The highest BCUT2D eigenvalue weighted by Crippen LogP contribution is 2.43. The number of aromatic carboxylic acids is 1. The van der Waals surface area contributed by atoms with Gasteiger partial charge in [0, 0.05) is 16.8 Å². The van der Waals surface area contributed by atoms with Crippen LogP contribution in [-0.2, 0) is 6.61 Å². The number of allylic oxidation sites excluding steroid dienone is 2. The van der Waals surface area contributed by atoms with Gasteiger partial charge in [0.25, 0.3) is 0 Å². The molecular weight excluding hydrogens is 405 g/mol. The highest BCUT2D eigenvalue weighted by molar-refractivity contribution is 6.30. The fourth-order valence-corrected chi connectivity index (χ4v) is 3.83.